The first-order chi connectivity index (χ1) is 14.1. The number of ether oxygens (including phenoxy) is 1. The highest BCUT2D eigenvalue weighted by Crippen LogP contribution is 2.56. The number of amides is 3. The lowest BCUT2D eigenvalue weighted by atomic mass is 9.81. The van der Waals surface area contributed by atoms with Crippen molar-refractivity contribution in [2.75, 3.05) is 19.0 Å². The molecule has 29 heavy (non-hydrogen) atoms. The summed E-state index contributed by atoms with van der Waals surface area (Å²) < 4.78 is 6.72. The Labute approximate surface area is 166 Å². The fraction of sp³-hybridized carbons (Fsp3) is 0.474. The molecule has 1 N–H and O–H groups in total. The molecule has 0 radical (unpaired) electrons. The average molecular weight is 396 g/mol. The molecule has 5 rings (SSSR count). The number of aromatic nitrogens is 4. The molecule has 3 aliphatic rings. The summed E-state index contributed by atoms with van der Waals surface area (Å²) in [5.41, 5.74) is 1.04. The number of tetrazole rings is 1. The second-order valence-corrected chi connectivity index (χ2v) is 7.84. The summed E-state index contributed by atoms with van der Waals surface area (Å²) in [6, 6.07) is 5.02. The first-order valence-corrected chi connectivity index (χ1v) is 9.63. The van der Waals surface area contributed by atoms with Crippen LogP contribution < -0.4 is 10.1 Å². The minimum Gasteiger partial charge on any atom is -0.494 e. The SMILES string of the molecule is COc1ccc(NC(=O)CN2C(=O)[C@@H]3[C@@H]4CC[C@@H](C4)[C@@H]3C2=O)cc1-n1cnnn1. The summed E-state index contributed by atoms with van der Waals surface area (Å²) in [6.07, 6.45) is 4.41. The average Bonchev–Trinajstić information content (AvgIpc) is 3.50. The number of fused-ring (bicyclic) bond motifs is 5. The Morgan fingerprint density at radius 3 is 2.55 bits per heavy atom. The van der Waals surface area contributed by atoms with E-state index >= 15 is 0 Å². The Kier molecular flexibility index (Phi) is 4.07. The minimum absolute atomic E-state index is 0.188. The summed E-state index contributed by atoms with van der Waals surface area (Å²) in [4.78, 5) is 39.2. The van der Waals surface area contributed by atoms with Crippen molar-refractivity contribution in [1.29, 1.82) is 0 Å². The molecule has 3 fully saturated rings. The van der Waals surface area contributed by atoms with E-state index in [-0.39, 0.29) is 30.2 Å². The van der Waals surface area contributed by atoms with Crippen molar-refractivity contribution in [1.82, 2.24) is 25.1 Å². The second kappa shape index (κ2) is 6.64. The van der Waals surface area contributed by atoms with Crippen LogP contribution in [0.15, 0.2) is 24.5 Å². The third-order valence-corrected chi connectivity index (χ3v) is 6.38. The van der Waals surface area contributed by atoms with E-state index in [9.17, 15) is 14.4 Å². The largest absolute Gasteiger partial charge is 0.494 e. The van der Waals surface area contributed by atoms with Gasteiger partial charge in [0.1, 0.15) is 24.3 Å². The zero-order valence-electron chi connectivity index (χ0n) is 15.8. The highest BCUT2D eigenvalue weighted by Gasteiger charge is 2.60. The normalized spacial score (nSPS) is 27.4. The topological polar surface area (TPSA) is 119 Å². The maximum atomic E-state index is 12.8. The fourth-order valence-electron chi connectivity index (χ4n) is 5.19. The van der Waals surface area contributed by atoms with E-state index in [4.69, 9.17) is 4.74 Å². The summed E-state index contributed by atoms with van der Waals surface area (Å²) in [5, 5.41) is 13.8. The number of methoxy groups -OCH3 is 1. The number of imide groups is 1. The predicted octanol–water partition coefficient (Wildman–Crippen LogP) is 0.640. The Hall–Kier alpha value is -3.30. The maximum absolute atomic E-state index is 12.8. The van der Waals surface area contributed by atoms with Gasteiger partial charge in [-0.2, -0.15) is 4.68 Å². The van der Waals surface area contributed by atoms with Gasteiger partial charge >= 0.3 is 0 Å². The van der Waals surface area contributed by atoms with E-state index in [1.54, 1.807) is 18.2 Å². The summed E-state index contributed by atoms with van der Waals surface area (Å²) in [7, 11) is 1.52. The number of rotatable bonds is 5. The van der Waals surface area contributed by atoms with Crippen molar-refractivity contribution in [3.05, 3.63) is 24.5 Å². The number of carbonyl (C=O) groups excluding carboxylic acids is 3. The lowest BCUT2D eigenvalue weighted by Gasteiger charge is -2.19. The number of likely N-dealkylation sites (tertiary alicyclic amines) is 1. The van der Waals surface area contributed by atoms with Crippen LogP contribution in [0.25, 0.3) is 5.69 Å². The molecule has 2 heterocycles. The Morgan fingerprint density at radius 2 is 1.93 bits per heavy atom. The molecule has 10 nitrogen and oxygen atoms in total. The molecule has 4 atom stereocenters. The van der Waals surface area contributed by atoms with Crippen LogP contribution in [0.1, 0.15) is 19.3 Å². The molecule has 150 valence electrons. The Balaban J connectivity index is 1.31. The van der Waals surface area contributed by atoms with Gasteiger partial charge in [0.05, 0.1) is 18.9 Å². The fourth-order valence-corrected chi connectivity index (χ4v) is 5.19. The molecule has 1 saturated heterocycles. The van der Waals surface area contributed by atoms with Gasteiger partial charge in [0.15, 0.2) is 0 Å². The second-order valence-electron chi connectivity index (χ2n) is 7.84. The van der Waals surface area contributed by atoms with Gasteiger partial charge in [-0.3, -0.25) is 19.3 Å². The minimum atomic E-state index is -0.424. The van der Waals surface area contributed by atoms with E-state index in [0.29, 0.717) is 29.0 Å². The molecule has 2 aliphatic carbocycles. The van der Waals surface area contributed by atoms with Gasteiger partial charge in [0.2, 0.25) is 17.7 Å². The third kappa shape index (κ3) is 2.78. The van der Waals surface area contributed by atoms with Crippen molar-refractivity contribution >= 4 is 23.4 Å². The van der Waals surface area contributed by atoms with E-state index in [0.717, 1.165) is 24.2 Å². The maximum Gasteiger partial charge on any atom is 0.244 e. The standard InChI is InChI=1S/C19H20N6O4/c1-29-14-5-4-12(7-13(14)25-9-20-22-23-25)21-15(26)8-24-18(27)16-10-2-3-11(6-10)17(16)19(24)28/h4-5,7,9-11,16-17H,2-3,6,8H2,1H3,(H,21,26)/t10-,11+,16-,17+. The zero-order chi connectivity index (χ0) is 20.1. The van der Waals surface area contributed by atoms with Crippen LogP contribution in [0.4, 0.5) is 5.69 Å². The molecule has 0 spiro atoms. The van der Waals surface area contributed by atoms with E-state index in [1.165, 1.54) is 18.1 Å². The van der Waals surface area contributed by atoms with E-state index in [1.807, 2.05) is 0 Å². The first kappa shape index (κ1) is 17.8. The predicted molar refractivity (Wildman–Crippen MR) is 98.9 cm³/mol. The quantitative estimate of drug-likeness (QED) is 0.737. The highest BCUT2D eigenvalue weighted by molar-refractivity contribution is 6.09. The number of anilines is 1. The van der Waals surface area contributed by atoms with Crippen molar-refractivity contribution in [3.8, 4) is 11.4 Å². The molecular formula is C19H20N6O4. The van der Waals surface area contributed by atoms with Crippen molar-refractivity contribution < 1.29 is 19.1 Å². The van der Waals surface area contributed by atoms with Crippen LogP contribution in [0.3, 0.4) is 0 Å². The molecule has 10 heteroatoms. The van der Waals surface area contributed by atoms with E-state index < -0.39 is 5.91 Å². The van der Waals surface area contributed by atoms with Gasteiger partial charge < -0.3 is 10.1 Å². The lowest BCUT2D eigenvalue weighted by Crippen LogP contribution is -2.39. The number of nitrogens with zero attached hydrogens (tertiary/aromatic N) is 5. The van der Waals surface area contributed by atoms with Crippen LogP contribution in [-0.4, -0.2) is 56.5 Å². The van der Waals surface area contributed by atoms with Gasteiger partial charge in [-0.25, -0.2) is 0 Å². The lowest BCUT2D eigenvalue weighted by molar-refractivity contribution is -0.143. The van der Waals surface area contributed by atoms with Crippen LogP contribution >= 0.6 is 0 Å². The molecule has 3 amide bonds. The van der Waals surface area contributed by atoms with Gasteiger partial charge in [-0.15, -0.1) is 5.10 Å². The zero-order valence-corrected chi connectivity index (χ0v) is 15.8. The molecule has 1 aliphatic heterocycles. The molecule has 2 bridgehead atoms. The number of hydrogen-bond acceptors (Lipinski definition) is 7. The van der Waals surface area contributed by atoms with Crippen LogP contribution in [0.5, 0.6) is 5.75 Å². The summed E-state index contributed by atoms with van der Waals surface area (Å²) in [5.74, 6) is -0.110. The molecular weight excluding hydrogens is 376 g/mol. The van der Waals surface area contributed by atoms with Gasteiger partial charge in [0, 0.05) is 5.69 Å². The Morgan fingerprint density at radius 1 is 1.21 bits per heavy atom. The van der Waals surface area contributed by atoms with Gasteiger partial charge in [-0.05, 0) is 59.7 Å². The number of nitrogens with one attached hydrogen (secondary N) is 1. The van der Waals surface area contributed by atoms with E-state index in [2.05, 4.69) is 20.8 Å². The van der Waals surface area contributed by atoms with Gasteiger partial charge in [-0.1, -0.05) is 0 Å². The van der Waals surface area contributed by atoms with Crippen LogP contribution in [-0.2, 0) is 14.4 Å². The van der Waals surface area contributed by atoms with Crippen LogP contribution in [0.2, 0.25) is 0 Å². The Bertz CT molecular complexity index is 963. The van der Waals surface area contributed by atoms with Crippen molar-refractivity contribution in [3.63, 3.8) is 0 Å². The van der Waals surface area contributed by atoms with Crippen molar-refractivity contribution in [2.24, 2.45) is 23.7 Å². The number of hydrogen-bond donors (Lipinski definition) is 1. The monoisotopic (exact) mass is 396 g/mol. The molecule has 1 aromatic carbocycles. The first-order valence-electron chi connectivity index (χ1n) is 9.63. The summed E-state index contributed by atoms with van der Waals surface area (Å²) in [6.45, 7) is -0.268. The molecule has 0 unspecified atom stereocenters. The smallest absolute Gasteiger partial charge is 0.244 e. The summed E-state index contributed by atoms with van der Waals surface area (Å²) >= 11 is 0. The highest BCUT2D eigenvalue weighted by atomic mass is 16.5. The number of carbonyl (C=O) groups is 3. The number of benzene rings is 1. The van der Waals surface area contributed by atoms with Crippen molar-refractivity contribution in [2.45, 2.75) is 19.3 Å². The third-order valence-electron chi connectivity index (χ3n) is 6.38. The van der Waals surface area contributed by atoms with Gasteiger partial charge in [0.25, 0.3) is 0 Å². The van der Waals surface area contributed by atoms with Crippen LogP contribution in [0, 0.1) is 23.7 Å². The molecule has 2 aromatic rings. The molecule has 2 saturated carbocycles. The molecule has 1 aromatic heterocycles.